The van der Waals surface area contributed by atoms with Crippen molar-refractivity contribution in [2.75, 3.05) is 37.5 Å². The van der Waals surface area contributed by atoms with Crippen molar-refractivity contribution in [3.63, 3.8) is 0 Å². The van der Waals surface area contributed by atoms with Gasteiger partial charge in [0.2, 0.25) is 0 Å². The normalized spacial score (nSPS) is 25.6. The summed E-state index contributed by atoms with van der Waals surface area (Å²) in [5.74, 6) is 1.21. The predicted octanol–water partition coefficient (Wildman–Crippen LogP) is 3.11. The van der Waals surface area contributed by atoms with Crippen molar-refractivity contribution in [3.8, 4) is 5.75 Å². The minimum Gasteiger partial charge on any atom is -0.491 e. The van der Waals surface area contributed by atoms with Crippen LogP contribution in [-0.4, -0.2) is 54.5 Å². The quantitative estimate of drug-likeness (QED) is 0.770. The van der Waals surface area contributed by atoms with E-state index in [0.29, 0.717) is 34.9 Å². The Bertz CT molecular complexity index is 691. The lowest BCUT2D eigenvalue weighted by molar-refractivity contribution is 0.0678. The van der Waals surface area contributed by atoms with Crippen molar-refractivity contribution in [2.24, 2.45) is 4.99 Å². The molecular weight excluding hydrogens is 371 g/mol. The number of rotatable bonds is 6. The molecule has 3 aliphatic heterocycles. The summed E-state index contributed by atoms with van der Waals surface area (Å²) in [4.78, 5) is 4.22. The van der Waals surface area contributed by atoms with E-state index in [1.54, 1.807) is 17.8 Å². The van der Waals surface area contributed by atoms with Crippen LogP contribution < -0.4 is 10.1 Å². The summed E-state index contributed by atoms with van der Waals surface area (Å²) in [6, 6.07) is 3.03. The first-order valence-electron chi connectivity index (χ1n) is 9.48. The molecule has 0 radical (unpaired) electrons. The van der Waals surface area contributed by atoms with Crippen LogP contribution in [0.2, 0.25) is 0 Å². The summed E-state index contributed by atoms with van der Waals surface area (Å²) in [5, 5.41) is 14.0. The largest absolute Gasteiger partial charge is 0.491 e. The van der Waals surface area contributed by atoms with Crippen molar-refractivity contribution < 1.29 is 23.7 Å². The molecule has 2 N–H and O–H groups in total. The van der Waals surface area contributed by atoms with Gasteiger partial charge in [0.05, 0.1) is 23.1 Å². The lowest BCUT2D eigenvalue weighted by atomic mass is 10.1. The minimum atomic E-state index is -1.20. The van der Waals surface area contributed by atoms with E-state index in [0.717, 1.165) is 45.5 Å². The molecule has 6 nitrogen and oxygen atoms in total. The predicted molar refractivity (Wildman–Crippen MR) is 103 cm³/mol. The Morgan fingerprint density at radius 1 is 1.26 bits per heavy atom. The van der Waals surface area contributed by atoms with Gasteiger partial charge in [-0.25, -0.2) is 9.38 Å². The van der Waals surface area contributed by atoms with Crippen molar-refractivity contribution in [2.45, 2.75) is 43.3 Å². The third-order valence-corrected chi connectivity index (χ3v) is 6.39. The fraction of sp³-hybridized carbons (Fsp3) is 0.632. The molecule has 2 atom stereocenters. The molecule has 1 unspecified atom stereocenters. The van der Waals surface area contributed by atoms with Gasteiger partial charge < -0.3 is 24.6 Å². The zero-order chi connectivity index (χ0) is 18.6. The number of nitrogens with zero attached hydrogens (tertiary/aromatic N) is 1. The molecule has 0 spiro atoms. The Morgan fingerprint density at radius 2 is 2.11 bits per heavy atom. The smallest absolute Gasteiger partial charge is 0.178 e. The summed E-state index contributed by atoms with van der Waals surface area (Å²) in [6.45, 7) is 2.74. The fourth-order valence-corrected chi connectivity index (χ4v) is 4.59. The number of halogens is 1. The Morgan fingerprint density at radius 3 is 2.89 bits per heavy atom. The third-order valence-electron chi connectivity index (χ3n) is 5.00. The number of aliphatic hydroxyl groups excluding tert-OH is 1. The molecule has 27 heavy (non-hydrogen) atoms. The lowest BCUT2D eigenvalue weighted by Crippen LogP contribution is -2.26. The number of amidine groups is 1. The van der Waals surface area contributed by atoms with Crippen LogP contribution in [0.25, 0.3) is 0 Å². The number of nitrogens with one attached hydrogen (secondary N) is 1. The molecule has 2 saturated heterocycles. The van der Waals surface area contributed by atoms with Crippen LogP contribution in [-0.2, 0) is 9.47 Å². The molecule has 3 aliphatic rings. The molecule has 4 rings (SSSR count). The summed E-state index contributed by atoms with van der Waals surface area (Å²) >= 11 is 1.79. The molecule has 0 amide bonds. The number of ether oxygens (including phenoxy) is 3. The summed E-state index contributed by atoms with van der Waals surface area (Å²) < 4.78 is 31.1. The van der Waals surface area contributed by atoms with Gasteiger partial charge in [-0.2, -0.15) is 11.8 Å². The second kappa shape index (κ2) is 8.77. The van der Waals surface area contributed by atoms with E-state index >= 15 is 0 Å². The number of anilines is 1. The van der Waals surface area contributed by atoms with Gasteiger partial charge in [0.25, 0.3) is 0 Å². The highest BCUT2D eigenvalue weighted by Gasteiger charge is 2.26. The molecule has 1 aromatic carbocycles. The Hall–Kier alpha value is -1.35. The molecule has 1 aromatic rings. The van der Waals surface area contributed by atoms with E-state index in [1.165, 1.54) is 6.07 Å². The van der Waals surface area contributed by atoms with Gasteiger partial charge in [-0.3, -0.25) is 0 Å². The summed E-state index contributed by atoms with van der Waals surface area (Å²) in [6.07, 6.45) is 2.91. The van der Waals surface area contributed by atoms with Crippen molar-refractivity contribution in [1.29, 1.82) is 0 Å². The topological polar surface area (TPSA) is 72.3 Å². The maximum atomic E-state index is 14.5. The van der Waals surface area contributed by atoms with E-state index in [1.807, 2.05) is 0 Å². The molecule has 0 aliphatic carbocycles. The zero-order valence-electron chi connectivity index (χ0n) is 15.2. The molecule has 0 bridgehead atoms. The summed E-state index contributed by atoms with van der Waals surface area (Å²) in [7, 11) is 0. The highest BCUT2D eigenvalue weighted by molar-refractivity contribution is 8.00. The zero-order valence-corrected chi connectivity index (χ0v) is 16.0. The van der Waals surface area contributed by atoms with Gasteiger partial charge in [-0.1, -0.05) is 0 Å². The Kier molecular flexibility index (Phi) is 6.17. The summed E-state index contributed by atoms with van der Waals surface area (Å²) in [5.41, 5.74) is 0.682. The third kappa shape index (κ3) is 4.74. The highest BCUT2D eigenvalue weighted by Crippen LogP contribution is 2.35. The average molecular weight is 396 g/mol. The average Bonchev–Trinajstić information content (AvgIpc) is 3.19. The monoisotopic (exact) mass is 396 g/mol. The Labute approximate surface area is 162 Å². The first-order chi connectivity index (χ1) is 13.2. The number of aliphatic imine (C=N–C) groups is 1. The maximum Gasteiger partial charge on any atom is 0.178 e. The highest BCUT2D eigenvalue weighted by atomic mass is 32.2. The molecule has 0 saturated carbocycles. The van der Waals surface area contributed by atoms with Crippen LogP contribution in [0.5, 0.6) is 5.75 Å². The van der Waals surface area contributed by atoms with Crippen molar-refractivity contribution >= 4 is 23.3 Å². The van der Waals surface area contributed by atoms with E-state index in [2.05, 4.69) is 10.3 Å². The molecule has 8 heteroatoms. The van der Waals surface area contributed by atoms with Crippen LogP contribution in [0.1, 0.15) is 37.5 Å². The SMILES string of the molecule is OC1N=C(CSC2CCOCC2)Nc2cc(OC[C@@H]3CCCO3)cc(F)c21. The molecule has 148 valence electrons. The van der Waals surface area contributed by atoms with Gasteiger partial charge in [-0.15, -0.1) is 0 Å². The van der Waals surface area contributed by atoms with Gasteiger partial charge in [0.15, 0.2) is 6.23 Å². The van der Waals surface area contributed by atoms with E-state index in [4.69, 9.17) is 14.2 Å². The van der Waals surface area contributed by atoms with E-state index in [9.17, 15) is 9.50 Å². The van der Waals surface area contributed by atoms with Crippen LogP contribution in [0.15, 0.2) is 17.1 Å². The first kappa shape index (κ1) is 19.0. The van der Waals surface area contributed by atoms with Gasteiger partial charge >= 0.3 is 0 Å². The van der Waals surface area contributed by atoms with Crippen LogP contribution in [0, 0.1) is 5.82 Å². The number of benzene rings is 1. The minimum absolute atomic E-state index is 0.0654. The van der Waals surface area contributed by atoms with Crippen LogP contribution >= 0.6 is 11.8 Å². The molecule has 2 fully saturated rings. The molecular formula is C19H25FN2O4S. The van der Waals surface area contributed by atoms with Crippen molar-refractivity contribution in [3.05, 3.63) is 23.5 Å². The van der Waals surface area contributed by atoms with E-state index < -0.39 is 12.0 Å². The molecule has 0 aromatic heterocycles. The number of hydrogen-bond donors (Lipinski definition) is 2. The second-order valence-corrected chi connectivity index (χ2v) is 8.30. The van der Waals surface area contributed by atoms with Crippen LogP contribution in [0.3, 0.4) is 0 Å². The standard InChI is InChI=1S/C19H25FN2O4S/c20-15-8-13(26-10-12-2-1-5-25-12)9-16-18(15)19(23)22-17(21-16)11-27-14-3-6-24-7-4-14/h8-9,12,14,19,23H,1-7,10-11H2,(H,21,22)/t12-,19?/m0/s1. The van der Waals surface area contributed by atoms with Gasteiger partial charge in [0.1, 0.15) is 24.0 Å². The number of hydrogen-bond acceptors (Lipinski definition) is 7. The van der Waals surface area contributed by atoms with Gasteiger partial charge in [0, 0.05) is 37.2 Å². The maximum absolute atomic E-state index is 14.5. The number of fused-ring (bicyclic) bond motifs is 1. The Balaban J connectivity index is 1.40. The van der Waals surface area contributed by atoms with Crippen LogP contribution in [0.4, 0.5) is 10.1 Å². The van der Waals surface area contributed by atoms with Gasteiger partial charge in [-0.05, 0) is 25.7 Å². The first-order valence-corrected chi connectivity index (χ1v) is 10.5. The second-order valence-electron chi connectivity index (χ2n) is 7.01. The lowest BCUT2D eigenvalue weighted by Gasteiger charge is -2.26. The number of thioether (sulfide) groups is 1. The fourth-order valence-electron chi connectivity index (χ4n) is 3.52. The van der Waals surface area contributed by atoms with Crippen molar-refractivity contribution in [1.82, 2.24) is 0 Å². The molecule has 3 heterocycles. The van der Waals surface area contributed by atoms with E-state index in [-0.39, 0.29) is 11.7 Å². The number of aliphatic hydroxyl groups is 1.